The third kappa shape index (κ3) is 3.45. The Morgan fingerprint density at radius 3 is 2.90 bits per heavy atom. The first kappa shape index (κ1) is 14.7. The minimum absolute atomic E-state index is 0.0574. The fourth-order valence-electron chi connectivity index (χ4n) is 1.65. The molecule has 0 aliphatic rings. The van der Waals surface area contributed by atoms with E-state index in [1.54, 1.807) is 32.0 Å². The highest BCUT2D eigenvalue weighted by atomic mass is 32.2. The van der Waals surface area contributed by atoms with Crippen LogP contribution in [0.3, 0.4) is 0 Å². The second-order valence-electron chi connectivity index (χ2n) is 4.31. The zero-order valence-electron chi connectivity index (χ0n) is 11.3. The van der Waals surface area contributed by atoms with E-state index in [2.05, 4.69) is 10.1 Å². The topological polar surface area (TPSA) is 56.0 Å². The molecule has 0 saturated heterocycles. The van der Waals surface area contributed by atoms with Crippen LogP contribution in [0.2, 0.25) is 0 Å². The van der Waals surface area contributed by atoms with Crippen LogP contribution in [-0.2, 0) is 10.5 Å². The van der Waals surface area contributed by atoms with Crippen LogP contribution in [0.15, 0.2) is 33.7 Å². The lowest BCUT2D eigenvalue weighted by Gasteiger charge is -2.01. The lowest BCUT2D eigenvalue weighted by molar-refractivity contribution is -0.120. The molecule has 1 unspecified atom stereocenters. The van der Waals surface area contributed by atoms with Gasteiger partial charge in [0, 0.05) is 11.3 Å². The van der Waals surface area contributed by atoms with Crippen LogP contribution >= 0.6 is 11.8 Å². The van der Waals surface area contributed by atoms with Crippen LogP contribution in [0.4, 0.5) is 4.39 Å². The predicted octanol–water partition coefficient (Wildman–Crippen LogP) is 3.58. The Kier molecular flexibility index (Phi) is 4.89. The maximum atomic E-state index is 13.4. The number of hydrogen-bond donors (Lipinski definition) is 0. The molecule has 0 saturated carbocycles. The van der Waals surface area contributed by atoms with Crippen molar-refractivity contribution in [1.29, 1.82) is 0 Å². The van der Waals surface area contributed by atoms with Crippen LogP contribution in [0.25, 0.3) is 0 Å². The summed E-state index contributed by atoms with van der Waals surface area (Å²) in [5.74, 6) is 0.583. The normalized spacial score (nSPS) is 12.3. The number of Topliss-reactive ketones (excluding diaryl/α,β-unsaturated/α-hetero) is 1. The van der Waals surface area contributed by atoms with Gasteiger partial charge in [0.1, 0.15) is 11.6 Å². The molecule has 20 heavy (non-hydrogen) atoms. The number of aromatic nitrogens is 2. The number of halogens is 1. The largest absolute Gasteiger partial charge is 0.339 e. The SMILES string of the molecule is CCC(=O)C(C)c1nc(CSc2ccccc2F)no1. The van der Waals surface area contributed by atoms with E-state index in [0.29, 0.717) is 28.8 Å². The van der Waals surface area contributed by atoms with E-state index in [1.807, 2.05) is 0 Å². The lowest BCUT2D eigenvalue weighted by Crippen LogP contribution is -2.07. The number of carbonyl (C=O) groups excluding carboxylic acids is 1. The highest BCUT2D eigenvalue weighted by molar-refractivity contribution is 7.98. The van der Waals surface area contributed by atoms with E-state index in [4.69, 9.17) is 4.52 Å². The molecule has 0 bridgehead atoms. The first-order valence-electron chi connectivity index (χ1n) is 6.34. The third-order valence-corrected chi connectivity index (χ3v) is 3.92. The Labute approximate surface area is 120 Å². The first-order valence-corrected chi connectivity index (χ1v) is 7.33. The summed E-state index contributed by atoms with van der Waals surface area (Å²) in [6.45, 7) is 3.54. The molecule has 1 heterocycles. The minimum Gasteiger partial charge on any atom is -0.339 e. The summed E-state index contributed by atoms with van der Waals surface area (Å²) in [5, 5.41) is 3.82. The number of carbonyl (C=O) groups is 1. The third-order valence-electron chi connectivity index (χ3n) is 2.88. The van der Waals surface area contributed by atoms with Crippen LogP contribution in [0.1, 0.15) is 37.9 Å². The second-order valence-corrected chi connectivity index (χ2v) is 5.33. The van der Waals surface area contributed by atoms with Crippen molar-refractivity contribution in [3.05, 3.63) is 41.8 Å². The standard InChI is InChI=1S/C14H15FN2O2S/c1-3-11(18)9(2)14-16-13(17-19-14)8-20-12-7-5-4-6-10(12)15/h4-7,9H,3,8H2,1-2H3. The Hall–Kier alpha value is -1.69. The molecule has 0 aliphatic carbocycles. The molecule has 106 valence electrons. The molecule has 1 aromatic heterocycles. The fourth-order valence-corrected chi connectivity index (χ4v) is 2.43. The van der Waals surface area contributed by atoms with E-state index in [1.165, 1.54) is 17.8 Å². The molecule has 2 rings (SSSR count). The maximum absolute atomic E-state index is 13.4. The van der Waals surface area contributed by atoms with Gasteiger partial charge in [-0.2, -0.15) is 4.98 Å². The molecule has 4 nitrogen and oxygen atoms in total. The number of hydrogen-bond acceptors (Lipinski definition) is 5. The van der Waals surface area contributed by atoms with Gasteiger partial charge in [0.2, 0.25) is 5.89 Å². The molecule has 0 spiro atoms. The van der Waals surface area contributed by atoms with Crippen molar-refractivity contribution in [2.45, 2.75) is 36.8 Å². The molecule has 0 amide bonds. The molecule has 0 radical (unpaired) electrons. The summed E-state index contributed by atoms with van der Waals surface area (Å²) in [6.07, 6.45) is 0.433. The smallest absolute Gasteiger partial charge is 0.236 e. The van der Waals surface area contributed by atoms with Gasteiger partial charge in [-0.05, 0) is 19.1 Å². The molecule has 1 aromatic carbocycles. The van der Waals surface area contributed by atoms with Crippen molar-refractivity contribution in [3.63, 3.8) is 0 Å². The maximum Gasteiger partial charge on any atom is 0.236 e. The van der Waals surface area contributed by atoms with Crippen molar-refractivity contribution in [2.75, 3.05) is 0 Å². The van der Waals surface area contributed by atoms with Crippen LogP contribution in [0, 0.1) is 5.82 Å². The highest BCUT2D eigenvalue weighted by Crippen LogP contribution is 2.25. The molecule has 2 aromatic rings. The summed E-state index contributed by atoms with van der Waals surface area (Å²) in [4.78, 5) is 16.3. The fraction of sp³-hybridized carbons (Fsp3) is 0.357. The van der Waals surface area contributed by atoms with Gasteiger partial charge in [-0.1, -0.05) is 24.2 Å². The van der Waals surface area contributed by atoms with Crippen molar-refractivity contribution in [2.24, 2.45) is 0 Å². The number of rotatable bonds is 6. The molecule has 0 N–H and O–H groups in total. The van der Waals surface area contributed by atoms with Crippen LogP contribution in [0.5, 0.6) is 0 Å². The van der Waals surface area contributed by atoms with Crippen molar-refractivity contribution in [1.82, 2.24) is 10.1 Å². The molecule has 0 fully saturated rings. The second kappa shape index (κ2) is 6.65. The Morgan fingerprint density at radius 1 is 1.45 bits per heavy atom. The molecular formula is C14H15FN2O2S. The number of ketones is 1. The lowest BCUT2D eigenvalue weighted by atomic mass is 10.1. The van der Waals surface area contributed by atoms with Crippen molar-refractivity contribution < 1.29 is 13.7 Å². The number of benzene rings is 1. The average molecular weight is 294 g/mol. The van der Waals surface area contributed by atoms with E-state index in [-0.39, 0.29) is 17.5 Å². The summed E-state index contributed by atoms with van der Waals surface area (Å²) in [6, 6.07) is 6.52. The molecule has 6 heteroatoms. The van der Waals surface area contributed by atoms with Gasteiger partial charge in [0.05, 0.1) is 11.7 Å². The Bertz CT molecular complexity index is 600. The number of thioether (sulfide) groups is 1. The van der Waals surface area contributed by atoms with Gasteiger partial charge in [-0.15, -0.1) is 11.8 Å². The Morgan fingerprint density at radius 2 is 2.20 bits per heavy atom. The van der Waals surface area contributed by atoms with Crippen LogP contribution < -0.4 is 0 Å². The first-order chi connectivity index (χ1) is 9.61. The van der Waals surface area contributed by atoms with E-state index < -0.39 is 0 Å². The summed E-state index contributed by atoms with van der Waals surface area (Å²) < 4.78 is 18.5. The Balaban J connectivity index is 2.00. The van der Waals surface area contributed by atoms with Gasteiger partial charge < -0.3 is 4.52 Å². The van der Waals surface area contributed by atoms with Gasteiger partial charge >= 0.3 is 0 Å². The highest BCUT2D eigenvalue weighted by Gasteiger charge is 2.20. The van der Waals surface area contributed by atoms with Gasteiger partial charge in [0.15, 0.2) is 5.82 Å². The minimum atomic E-state index is -0.389. The summed E-state index contributed by atoms with van der Waals surface area (Å²) in [7, 11) is 0. The average Bonchev–Trinajstić information content (AvgIpc) is 2.93. The van der Waals surface area contributed by atoms with Crippen LogP contribution in [-0.4, -0.2) is 15.9 Å². The molecule has 1 atom stereocenters. The summed E-state index contributed by atoms with van der Waals surface area (Å²) in [5.41, 5.74) is 0. The monoisotopic (exact) mass is 294 g/mol. The van der Waals surface area contributed by atoms with Crippen molar-refractivity contribution in [3.8, 4) is 0 Å². The molecular weight excluding hydrogens is 279 g/mol. The van der Waals surface area contributed by atoms with Gasteiger partial charge in [0.25, 0.3) is 0 Å². The van der Waals surface area contributed by atoms with E-state index in [0.717, 1.165) is 0 Å². The van der Waals surface area contributed by atoms with E-state index >= 15 is 0 Å². The summed E-state index contributed by atoms with van der Waals surface area (Å²) >= 11 is 1.29. The quantitative estimate of drug-likeness (QED) is 0.762. The molecule has 0 aliphatic heterocycles. The predicted molar refractivity (Wildman–Crippen MR) is 74.0 cm³/mol. The van der Waals surface area contributed by atoms with Gasteiger partial charge in [-0.25, -0.2) is 4.39 Å². The number of nitrogens with zero attached hydrogens (tertiary/aromatic N) is 2. The zero-order chi connectivity index (χ0) is 14.5. The van der Waals surface area contributed by atoms with E-state index in [9.17, 15) is 9.18 Å². The van der Waals surface area contributed by atoms with Gasteiger partial charge in [-0.3, -0.25) is 4.79 Å². The zero-order valence-corrected chi connectivity index (χ0v) is 12.1. The van der Waals surface area contributed by atoms with Crippen molar-refractivity contribution >= 4 is 17.5 Å².